The van der Waals surface area contributed by atoms with Crippen LogP contribution in [-0.4, -0.2) is 20.3 Å². The van der Waals surface area contributed by atoms with Crippen LogP contribution in [0.15, 0.2) is 42.5 Å². The molecule has 2 aromatic rings. The van der Waals surface area contributed by atoms with Crippen LogP contribution >= 0.6 is 0 Å². The minimum Gasteiger partial charge on any atom is -0.490 e. The summed E-state index contributed by atoms with van der Waals surface area (Å²) in [6.07, 6.45) is 0. The average Bonchev–Trinajstić information content (AvgIpc) is 2.47. The molecule has 1 N–H and O–H groups in total. The van der Waals surface area contributed by atoms with E-state index < -0.39 is 11.6 Å². The monoisotopic (exact) mass is 293 g/mol. The van der Waals surface area contributed by atoms with Crippen LogP contribution in [0.1, 0.15) is 5.56 Å². The van der Waals surface area contributed by atoms with Gasteiger partial charge in [-0.2, -0.15) is 0 Å². The molecule has 0 atom stereocenters. The molecular formula is C16H17F2NO2. The Balaban J connectivity index is 1.76. The summed E-state index contributed by atoms with van der Waals surface area (Å²) in [7, 11) is 1.89. The van der Waals surface area contributed by atoms with Crippen molar-refractivity contribution < 1.29 is 18.3 Å². The molecule has 0 heterocycles. The van der Waals surface area contributed by atoms with Crippen molar-refractivity contribution in [2.24, 2.45) is 0 Å². The van der Waals surface area contributed by atoms with Gasteiger partial charge < -0.3 is 14.8 Å². The highest BCUT2D eigenvalue weighted by molar-refractivity contribution is 5.27. The van der Waals surface area contributed by atoms with Crippen LogP contribution in [0.4, 0.5) is 8.78 Å². The molecule has 0 aliphatic carbocycles. The third-order valence-electron chi connectivity index (χ3n) is 2.81. The van der Waals surface area contributed by atoms with Crippen molar-refractivity contribution in [3.05, 3.63) is 59.7 Å². The van der Waals surface area contributed by atoms with Gasteiger partial charge in [0.1, 0.15) is 24.8 Å². The summed E-state index contributed by atoms with van der Waals surface area (Å²) in [6.45, 7) is 1.26. The molecule has 0 unspecified atom stereocenters. The van der Waals surface area contributed by atoms with Gasteiger partial charge in [-0.25, -0.2) is 8.78 Å². The van der Waals surface area contributed by atoms with Crippen LogP contribution in [0.25, 0.3) is 0 Å². The van der Waals surface area contributed by atoms with E-state index in [2.05, 4.69) is 5.32 Å². The fraction of sp³-hybridized carbons (Fsp3) is 0.250. The zero-order valence-electron chi connectivity index (χ0n) is 11.7. The Morgan fingerprint density at radius 3 is 2.33 bits per heavy atom. The number of hydrogen-bond donors (Lipinski definition) is 1. The maximum absolute atomic E-state index is 13.3. The van der Waals surface area contributed by atoms with Gasteiger partial charge in [-0.05, 0) is 36.9 Å². The Hall–Kier alpha value is -2.14. The molecule has 2 aromatic carbocycles. The molecule has 21 heavy (non-hydrogen) atoms. The number of hydrogen-bond acceptors (Lipinski definition) is 3. The highest BCUT2D eigenvalue weighted by atomic mass is 19.1. The van der Waals surface area contributed by atoms with E-state index >= 15 is 0 Å². The van der Waals surface area contributed by atoms with E-state index in [9.17, 15) is 8.78 Å². The Bertz CT molecular complexity index is 573. The lowest BCUT2D eigenvalue weighted by Crippen LogP contribution is -2.10. The largest absolute Gasteiger partial charge is 0.490 e. The summed E-state index contributed by atoms with van der Waals surface area (Å²) < 4.78 is 36.7. The highest BCUT2D eigenvalue weighted by Gasteiger charge is 2.04. The molecule has 3 nitrogen and oxygen atoms in total. The number of nitrogens with one attached hydrogen (secondary N) is 1. The minimum absolute atomic E-state index is 0.0179. The Kier molecular flexibility index (Phi) is 5.51. The second-order valence-electron chi connectivity index (χ2n) is 4.45. The van der Waals surface area contributed by atoms with Gasteiger partial charge in [0.15, 0.2) is 11.6 Å². The molecule has 112 valence electrons. The lowest BCUT2D eigenvalue weighted by molar-refractivity contribution is 0.211. The topological polar surface area (TPSA) is 30.5 Å². The first-order valence-electron chi connectivity index (χ1n) is 6.63. The van der Waals surface area contributed by atoms with Crippen LogP contribution in [-0.2, 0) is 6.54 Å². The van der Waals surface area contributed by atoms with Crippen molar-refractivity contribution in [1.82, 2.24) is 5.32 Å². The van der Waals surface area contributed by atoms with Crippen LogP contribution in [0.2, 0.25) is 0 Å². The first-order valence-corrected chi connectivity index (χ1v) is 6.63. The first-order chi connectivity index (χ1) is 10.2. The van der Waals surface area contributed by atoms with E-state index in [4.69, 9.17) is 9.47 Å². The van der Waals surface area contributed by atoms with Crippen molar-refractivity contribution >= 4 is 0 Å². The molecule has 5 heteroatoms. The van der Waals surface area contributed by atoms with Crippen LogP contribution in [0.3, 0.4) is 0 Å². The van der Waals surface area contributed by atoms with Gasteiger partial charge in [0.05, 0.1) is 0 Å². The second kappa shape index (κ2) is 7.59. The molecule has 0 aliphatic rings. The summed E-state index contributed by atoms with van der Waals surface area (Å²) in [6, 6.07) is 10.9. The van der Waals surface area contributed by atoms with Crippen molar-refractivity contribution in [1.29, 1.82) is 0 Å². The normalized spacial score (nSPS) is 10.4. The molecule has 0 radical (unpaired) electrons. The van der Waals surface area contributed by atoms with Gasteiger partial charge in [0.2, 0.25) is 0 Å². The molecule has 0 aromatic heterocycles. The van der Waals surface area contributed by atoms with Crippen molar-refractivity contribution in [2.75, 3.05) is 20.3 Å². The standard InChI is InChI=1S/C16H17F2NO2/c1-19-11-12-2-5-14(6-3-12)20-8-9-21-16-7-4-13(17)10-15(16)18/h2-7,10,19H,8-9,11H2,1H3. The van der Waals surface area contributed by atoms with E-state index in [1.165, 1.54) is 6.07 Å². The van der Waals surface area contributed by atoms with E-state index in [0.29, 0.717) is 0 Å². The molecule has 0 bridgehead atoms. The number of benzene rings is 2. The lowest BCUT2D eigenvalue weighted by Gasteiger charge is -2.09. The molecule has 0 saturated heterocycles. The highest BCUT2D eigenvalue weighted by Crippen LogP contribution is 2.17. The molecular weight excluding hydrogens is 276 g/mol. The predicted octanol–water partition coefficient (Wildman–Crippen LogP) is 3.14. The maximum atomic E-state index is 13.3. The van der Waals surface area contributed by atoms with E-state index in [-0.39, 0.29) is 19.0 Å². The Morgan fingerprint density at radius 2 is 1.67 bits per heavy atom. The van der Waals surface area contributed by atoms with Crippen LogP contribution in [0.5, 0.6) is 11.5 Å². The van der Waals surface area contributed by atoms with E-state index in [0.717, 1.165) is 30.0 Å². The van der Waals surface area contributed by atoms with Gasteiger partial charge in [0, 0.05) is 12.6 Å². The first kappa shape index (κ1) is 15.3. The van der Waals surface area contributed by atoms with Crippen molar-refractivity contribution in [3.63, 3.8) is 0 Å². The van der Waals surface area contributed by atoms with E-state index in [1.807, 2.05) is 31.3 Å². The Morgan fingerprint density at radius 1 is 0.952 bits per heavy atom. The maximum Gasteiger partial charge on any atom is 0.167 e. The summed E-state index contributed by atoms with van der Waals surface area (Å²) in [5.41, 5.74) is 1.16. The SMILES string of the molecule is CNCc1ccc(OCCOc2ccc(F)cc2F)cc1. The third-order valence-corrected chi connectivity index (χ3v) is 2.81. The number of rotatable bonds is 7. The van der Waals surface area contributed by atoms with E-state index in [1.54, 1.807) is 0 Å². The molecule has 0 aliphatic heterocycles. The average molecular weight is 293 g/mol. The predicted molar refractivity (Wildman–Crippen MR) is 76.6 cm³/mol. The molecule has 0 amide bonds. The van der Waals surface area contributed by atoms with Gasteiger partial charge in [-0.15, -0.1) is 0 Å². The number of halogens is 2. The smallest absolute Gasteiger partial charge is 0.167 e. The summed E-state index contributed by atoms with van der Waals surface area (Å²) in [5, 5.41) is 3.06. The van der Waals surface area contributed by atoms with Crippen LogP contribution < -0.4 is 14.8 Å². The van der Waals surface area contributed by atoms with Crippen molar-refractivity contribution in [3.8, 4) is 11.5 Å². The third kappa shape index (κ3) is 4.72. The number of ether oxygens (including phenoxy) is 2. The summed E-state index contributed by atoms with van der Waals surface area (Å²) in [4.78, 5) is 0. The summed E-state index contributed by atoms with van der Waals surface area (Å²) >= 11 is 0. The fourth-order valence-corrected chi connectivity index (χ4v) is 1.81. The van der Waals surface area contributed by atoms with Crippen LogP contribution in [0, 0.1) is 11.6 Å². The van der Waals surface area contributed by atoms with Gasteiger partial charge in [0.25, 0.3) is 0 Å². The zero-order chi connectivity index (χ0) is 15.1. The van der Waals surface area contributed by atoms with Crippen molar-refractivity contribution in [2.45, 2.75) is 6.54 Å². The molecule has 0 saturated carbocycles. The molecule has 0 fully saturated rings. The van der Waals surface area contributed by atoms with Gasteiger partial charge in [-0.1, -0.05) is 12.1 Å². The molecule has 2 rings (SSSR count). The summed E-state index contributed by atoms with van der Waals surface area (Å²) in [5.74, 6) is -0.605. The van der Waals surface area contributed by atoms with Gasteiger partial charge >= 0.3 is 0 Å². The second-order valence-corrected chi connectivity index (χ2v) is 4.45. The minimum atomic E-state index is -0.716. The molecule has 0 spiro atoms. The quantitative estimate of drug-likeness (QED) is 0.796. The fourth-order valence-electron chi connectivity index (χ4n) is 1.81. The van der Waals surface area contributed by atoms with Gasteiger partial charge in [-0.3, -0.25) is 0 Å². The zero-order valence-corrected chi connectivity index (χ0v) is 11.7. The Labute approximate surface area is 122 Å². The lowest BCUT2D eigenvalue weighted by atomic mass is 10.2.